The highest BCUT2D eigenvalue weighted by molar-refractivity contribution is 5.89. The van der Waals surface area contributed by atoms with Gasteiger partial charge in [0.1, 0.15) is 5.82 Å². The molecule has 0 aliphatic heterocycles. The summed E-state index contributed by atoms with van der Waals surface area (Å²) in [5.41, 5.74) is 0.890. The Labute approximate surface area is 129 Å². The molecule has 116 valence electrons. The molecule has 0 aliphatic rings. The number of carbonyl (C=O) groups is 1. The lowest BCUT2D eigenvalue weighted by atomic mass is 10.2. The number of benzene rings is 1. The van der Waals surface area contributed by atoms with Crippen LogP contribution in [0.2, 0.25) is 0 Å². The molecule has 3 N–H and O–H groups in total. The first kappa shape index (κ1) is 15.7. The first-order chi connectivity index (χ1) is 10.5. The molecule has 1 aromatic heterocycles. The molecule has 0 bridgehead atoms. The lowest BCUT2D eigenvalue weighted by Gasteiger charge is -2.11. The highest BCUT2D eigenvalue weighted by Crippen LogP contribution is 2.16. The second-order valence-corrected chi connectivity index (χ2v) is 5.01. The van der Waals surface area contributed by atoms with Gasteiger partial charge in [0, 0.05) is 25.0 Å². The molecule has 0 unspecified atom stereocenters. The van der Waals surface area contributed by atoms with Gasteiger partial charge in [0.25, 0.3) is 0 Å². The number of nitrogens with zero attached hydrogens (tertiary/aromatic N) is 3. The molecule has 2 aromatic rings. The van der Waals surface area contributed by atoms with Gasteiger partial charge in [-0.25, -0.2) is 9.78 Å². The van der Waals surface area contributed by atoms with E-state index in [9.17, 15) is 4.79 Å². The van der Waals surface area contributed by atoms with Crippen molar-refractivity contribution in [3.05, 3.63) is 42.1 Å². The van der Waals surface area contributed by atoms with Crippen LogP contribution in [-0.4, -0.2) is 53.1 Å². The molecular formula is C15H19N5O2. The number of likely N-dealkylation sites (N-methyl/N-ethyl adjacent to an activating group) is 1. The maximum absolute atomic E-state index is 11.0. The van der Waals surface area contributed by atoms with Crippen LogP contribution >= 0.6 is 0 Å². The minimum absolute atomic E-state index is 0.225. The quantitative estimate of drug-likeness (QED) is 0.719. The smallest absolute Gasteiger partial charge is 0.335 e. The third-order valence-electron chi connectivity index (χ3n) is 2.88. The summed E-state index contributed by atoms with van der Waals surface area (Å²) in [7, 11) is 3.99. The second-order valence-electron chi connectivity index (χ2n) is 5.01. The number of hydrogen-bond acceptors (Lipinski definition) is 6. The fourth-order valence-corrected chi connectivity index (χ4v) is 1.78. The van der Waals surface area contributed by atoms with Crippen molar-refractivity contribution in [1.82, 2.24) is 14.9 Å². The van der Waals surface area contributed by atoms with Gasteiger partial charge in [-0.1, -0.05) is 6.07 Å². The van der Waals surface area contributed by atoms with Gasteiger partial charge in [0.05, 0.1) is 5.56 Å². The number of anilines is 3. The summed E-state index contributed by atoms with van der Waals surface area (Å²) in [4.78, 5) is 21.5. The number of carboxylic acids is 1. The SMILES string of the molecule is CN(C)CCNc1nccc(Nc2cccc(C(=O)O)c2)n1. The summed E-state index contributed by atoms with van der Waals surface area (Å²) < 4.78 is 0. The van der Waals surface area contributed by atoms with E-state index in [-0.39, 0.29) is 5.56 Å². The molecule has 0 saturated heterocycles. The van der Waals surface area contributed by atoms with Gasteiger partial charge in [0.15, 0.2) is 0 Å². The number of aromatic carboxylic acids is 1. The van der Waals surface area contributed by atoms with Crippen LogP contribution in [0.5, 0.6) is 0 Å². The normalized spacial score (nSPS) is 10.5. The molecule has 22 heavy (non-hydrogen) atoms. The Hall–Kier alpha value is -2.67. The van der Waals surface area contributed by atoms with E-state index in [0.29, 0.717) is 17.5 Å². The first-order valence-electron chi connectivity index (χ1n) is 6.86. The molecule has 0 spiro atoms. The minimum atomic E-state index is -0.961. The first-order valence-corrected chi connectivity index (χ1v) is 6.86. The Morgan fingerprint density at radius 3 is 2.86 bits per heavy atom. The summed E-state index contributed by atoms with van der Waals surface area (Å²) in [6.07, 6.45) is 1.65. The zero-order valence-corrected chi connectivity index (χ0v) is 12.6. The minimum Gasteiger partial charge on any atom is -0.478 e. The van der Waals surface area contributed by atoms with Crippen molar-refractivity contribution in [2.75, 3.05) is 37.8 Å². The van der Waals surface area contributed by atoms with Crippen LogP contribution in [0.4, 0.5) is 17.5 Å². The summed E-state index contributed by atoms with van der Waals surface area (Å²) in [6.45, 7) is 1.62. The van der Waals surface area contributed by atoms with Gasteiger partial charge < -0.3 is 20.6 Å². The molecule has 1 heterocycles. The van der Waals surface area contributed by atoms with E-state index >= 15 is 0 Å². The number of hydrogen-bond donors (Lipinski definition) is 3. The summed E-state index contributed by atoms with van der Waals surface area (Å²) in [5, 5.41) is 15.2. The average molecular weight is 301 g/mol. The van der Waals surface area contributed by atoms with Crippen molar-refractivity contribution in [1.29, 1.82) is 0 Å². The Morgan fingerprint density at radius 2 is 2.14 bits per heavy atom. The van der Waals surface area contributed by atoms with E-state index in [4.69, 9.17) is 5.11 Å². The van der Waals surface area contributed by atoms with Crippen molar-refractivity contribution >= 4 is 23.4 Å². The largest absolute Gasteiger partial charge is 0.478 e. The van der Waals surface area contributed by atoms with E-state index in [1.807, 2.05) is 14.1 Å². The Morgan fingerprint density at radius 1 is 1.32 bits per heavy atom. The van der Waals surface area contributed by atoms with E-state index in [2.05, 4.69) is 25.5 Å². The predicted molar refractivity (Wildman–Crippen MR) is 85.8 cm³/mol. The van der Waals surface area contributed by atoms with Gasteiger partial charge in [-0.15, -0.1) is 0 Å². The lowest BCUT2D eigenvalue weighted by Crippen LogP contribution is -2.21. The molecule has 0 amide bonds. The monoisotopic (exact) mass is 301 g/mol. The van der Waals surface area contributed by atoms with Gasteiger partial charge in [-0.05, 0) is 38.4 Å². The summed E-state index contributed by atoms with van der Waals surface area (Å²) in [5.74, 6) is 0.170. The second kappa shape index (κ2) is 7.37. The molecule has 0 saturated carbocycles. The highest BCUT2D eigenvalue weighted by atomic mass is 16.4. The molecule has 0 radical (unpaired) electrons. The van der Waals surface area contributed by atoms with E-state index < -0.39 is 5.97 Å². The van der Waals surface area contributed by atoms with Gasteiger partial charge in [-0.2, -0.15) is 4.98 Å². The maximum atomic E-state index is 11.0. The average Bonchev–Trinajstić information content (AvgIpc) is 2.47. The van der Waals surface area contributed by atoms with Crippen molar-refractivity contribution in [2.45, 2.75) is 0 Å². The fraction of sp³-hybridized carbons (Fsp3) is 0.267. The summed E-state index contributed by atoms with van der Waals surface area (Å²) >= 11 is 0. The van der Waals surface area contributed by atoms with Crippen molar-refractivity contribution < 1.29 is 9.90 Å². The summed E-state index contributed by atoms with van der Waals surface area (Å²) in [6, 6.07) is 8.30. The van der Waals surface area contributed by atoms with Crippen LogP contribution in [0.25, 0.3) is 0 Å². The van der Waals surface area contributed by atoms with Crippen molar-refractivity contribution in [3.63, 3.8) is 0 Å². The molecule has 1 aromatic carbocycles. The molecule has 7 nitrogen and oxygen atoms in total. The van der Waals surface area contributed by atoms with Crippen LogP contribution in [0.15, 0.2) is 36.5 Å². The Bertz CT molecular complexity index is 645. The van der Waals surface area contributed by atoms with Crippen LogP contribution < -0.4 is 10.6 Å². The third kappa shape index (κ3) is 4.71. The van der Waals surface area contributed by atoms with Gasteiger partial charge in [-0.3, -0.25) is 0 Å². The molecule has 2 rings (SSSR count). The predicted octanol–water partition coefficient (Wildman–Crippen LogP) is 1.89. The van der Waals surface area contributed by atoms with E-state index in [0.717, 1.165) is 13.1 Å². The number of nitrogens with one attached hydrogen (secondary N) is 2. The van der Waals surface area contributed by atoms with E-state index in [1.54, 1.807) is 36.5 Å². The maximum Gasteiger partial charge on any atom is 0.335 e. The molecule has 0 fully saturated rings. The van der Waals surface area contributed by atoms with Crippen LogP contribution in [0, 0.1) is 0 Å². The van der Waals surface area contributed by atoms with Gasteiger partial charge >= 0.3 is 5.97 Å². The van der Waals surface area contributed by atoms with Crippen LogP contribution in [-0.2, 0) is 0 Å². The lowest BCUT2D eigenvalue weighted by molar-refractivity contribution is 0.0697. The third-order valence-corrected chi connectivity index (χ3v) is 2.88. The van der Waals surface area contributed by atoms with Crippen LogP contribution in [0.3, 0.4) is 0 Å². The van der Waals surface area contributed by atoms with E-state index in [1.165, 1.54) is 0 Å². The molecular weight excluding hydrogens is 282 g/mol. The van der Waals surface area contributed by atoms with Crippen molar-refractivity contribution in [2.24, 2.45) is 0 Å². The molecule has 7 heteroatoms. The number of rotatable bonds is 7. The molecule has 0 aliphatic carbocycles. The number of aromatic nitrogens is 2. The molecule has 0 atom stereocenters. The highest BCUT2D eigenvalue weighted by Gasteiger charge is 2.04. The Kier molecular flexibility index (Phi) is 5.26. The zero-order chi connectivity index (χ0) is 15.9. The topological polar surface area (TPSA) is 90.4 Å². The standard InChI is InChI=1S/C15H19N5O2/c1-20(2)9-8-17-15-16-7-6-13(19-15)18-12-5-3-4-11(10-12)14(21)22/h3-7,10H,8-9H2,1-2H3,(H,21,22)(H2,16,17,18,19). The number of carboxylic acid groups (broad SMARTS) is 1. The Balaban J connectivity index is 2.03. The van der Waals surface area contributed by atoms with Crippen molar-refractivity contribution in [3.8, 4) is 0 Å². The fourth-order valence-electron chi connectivity index (χ4n) is 1.78. The van der Waals surface area contributed by atoms with Gasteiger partial charge in [0.2, 0.25) is 5.95 Å². The zero-order valence-electron chi connectivity index (χ0n) is 12.6. The van der Waals surface area contributed by atoms with Crippen LogP contribution in [0.1, 0.15) is 10.4 Å².